The van der Waals surface area contributed by atoms with Gasteiger partial charge in [-0.3, -0.25) is 0 Å². The zero-order chi connectivity index (χ0) is 19.6. The lowest BCUT2D eigenvalue weighted by molar-refractivity contribution is 0.651. The van der Waals surface area contributed by atoms with E-state index in [-0.39, 0.29) is 5.41 Å². The average Bonchev–Trinajstić information content (AvgIpc) is 2.74. The molecule has 0 N–H and O–H groups in total. The Balaban J connectivity index is 0.000000495. The first-order valence-corrected chi connectivity index (χ1v) is 10.2. The van der Waals surface area contributed by atoms with Gasteiger partial charge in [-0.15, -0.1) is 0 Å². The molecule has 0 heterocycles. The Hall–Kier alpha value is -2.60. The van der Waals surface area contributed by atoms with Gasteiger partial charge in [0.1, 0.15) is 0 Å². The first kappa shape index (κ1) is 19.2. The lowest BCUT2D eigenvalue weighted by Crippen LogP contribution is -2.24. The summed E-state index contributed by atoms with van der Waals surface area (Å²) in [5.41, 5.74) is 5.66. The Morgan fingerprint density at radius 1 is 0.556 bits per heavy atom. The normalized spacial score (nSPS) is 13.1. The summed E-state index contributed by atoms with van der Waals surface area (Å²) >= 11 is 0. The molecule has 5 rings (SSSR count). The molecule has 0 saturated heterocycles. The van der Waals surface area contributed by atoms with Crippen molar-refractivity contribution in [3.8, 4) is 11.1 Å². The van der Waals surface area contributed by atoms with E-state index in [1.165, 1.54) is 43.8 Å². The molecule has 0 spiro atoms. The number of benzene rings is 4. The highest BCUT2D eigenvalue weighted by Gasteiger charge is 2.34. The Kier molecular flexibility index (Phi) is 5.37. The van der Waals surface area contributed by atoms with Gasteiger partial charge in [0, 0.05) is 5.41 Å². The van der Waals surface area contributed by atoms with E-state index in [0.29, 0.717) is 0 Å². The van der Waals surface area contributed by atoms with Gasteiger partial charge < -0.3 is 0 Å². The van der Waals surface area contributed by atoms with E-state index in [2.05, 4.69) is 86.6 Å². The summed E-state index contributed by atoms with van der Waals surface area (Å²) in [7, 11) is 0. The van der Waals surface area contributed by atoms with Crippen molar-refractivity contribution in [3.05, 3.63) is 83.9 Å². The van der Waals surface area contributed by atoms with Crippen LogP contribution >= 0.6 is 0 Å². The van der Waals surface area contributed by atoms with Crippen LogP contribution in [0.25, 0.3) is 32.7 Å². The summed E-state index contributed by atoms with van der Waals surface area (Å²) in [4.78, 5) is 0. The lowest BCUT2D eigenvalue weighted by Gasteiger charge is -2.36. The third kappa shape index (κ3) is 2.84. The summed E-state index contributed by atoms with van der Waals surface area (Å²) in [5.74, 6) is 0. The molecule has 0 aliphatic heterocycles. The molecule has 0 saturated carbocycles. The van der Waals surface area contributed by atoms with E-state index in [4.69, 9.17) is 0 Å². The van der Waals surface area contributed by atoms with Crippen molar-refractivity contribution >= 4 is 21.5 Å². The smallest absolute Gasteiger partial charge is 0.0165 e. The van der Waals surface area contributed by atoms with Crippen LogP contribution in [0, 0.1) is 0 Å². The number of hydrogen-bond acceptors (Lipinski definition) is 0. The second kappa shape index (κ2) is 7.56. The van der Waals surface area contributed by atoms with Crippen molar-refractivity contribution in [1.82, 2.24) is 0 Å². The molecule has 1 aliphatic rings. The van der Waals surface area contributed by atoms with Gasteiger partial charge in [0.2, 0.25) is 0 Å². The van der Waals surface area contributed by atoms with Gasteiger partial charge in [0.15, 0.2) is 0 Å². The maximum atomic E-state index is 2.36. The standard InChI is InChI=1S/C23H18.2C2H6/c1-23(2)20-12-6-9-16-8-5-11-18(21(16)20)19-14-13-15-7-3-4-10-17(15)22(19)23;2*1-2/h3-14H,1-2H3;2*1-2H3. The lowest BCUT2D eigenvalue weighted by atomic mass is 9.67. The Morgan fingerprint density at radius 3 is 1.93 bits per heavy atom. The second-order valence-electron chi connectivity index (χ2n) is 7.04. The van der Waals surface area contributed by atoms with Crippen LogP contribution in [0.5, 0.6) is 0 Å². The molecule has 0 atom stereocenters. The van der Waals surface area contributed by atoms with Crippen molar-refractivity contribution in [2.24, 2.45) is 0 Å². The predicted octanol–water partition coefficient (Wildman–Crippen LogP) is 8.35. The van der Waals surface area contributed by atoms with Crippen molar-refractivity contribution in [2.75, 3.05) is 0 Å². The molecule has 0 nitrogen and oxygen atoms in total. The maximum absolute atomic E-state index is 2.36. The fourth-order valence-electron chi connectivity index (χ4n) is 4.39. The first-order valence-electron chi connectivity index (χ1n) is 10.2. The summed E-state index contributed by atoms with van der Waals surface area (Å²) in [6, 6.07) is 26.7. The molecule has 138 valence electrons. The Bertz CT molecular complexity index is 1080. The van der Waals surface area contributed by atoms with E-state index >= 15 is 0 Å². The first-order chi connectivity index (χ1) is 13.2. The van der Waals surface area contributed by atoms with Crippen LogP contribution in [0.3, 0.4) is 0 Å². The fraction of sp³-hybridized carbons (Fsp3) is 0.259. The largest absolute Gasteiger partial charge is 0.0683 e. The third-order valence-electron chi connectivity index (χ3n) is 5.42. The third-order valence-corrected chi connectivity index (χ3v) is 5.42. The van der Waals surface area contributed by atoms with Gasteiger partial charge >= 0.3 is 0 Å². The zero-order valence-corrected chi connectivity index (χ0v) is 17.4. The van der Waals surface area contributed by atoms with E-state index in [9.17, 15) is 0 Å². The molecule has 4 aromatic carbocycles. The molecule has 1 aliphatic carbocycles. The van der Waals surface area contributed by atoms with Gasteiger partial charge in [-0.05, 0) is 43.8 Å². The molecular formula is C27H30. The highest BCUT2D eigenvalue weighted by molar-refractivity contribution is 6.07. The van der Waals surface area contributed by atoms with Crippen LogP contribution < -0.4 is 0 Å². The average molecular weight is 355 g/mol. The van der Waals surface area contributed by atoms with Crippen LogP contribution in [-0.4, -0.2) is 0 Å². The van der Waals surface area contributed by atoms with Crippen molar-refractivity contribution in [3.63, 3.8) is 0 Å². The number of rotatable bonds is 0. The fourth-order valence-corrected chi connectivity index (χ4v) is 4.39. The van der Waals surface area contributed by atoms with Crippen LogP contribution in [-0.2, 0) is 5.41 Å². The number of fused-ring (bicyclic) bond motifs is 4. The Labute approximate surface area is 163 Å². The monoisotopic (exact) mass is 354 g/mol. The van der Waals surface area contributed by atoms with Crippen LogP contribution in [0.4, 0.5) is 0 Å². The van der Waals surface area contributed by atoms with Crippen molar-refractivity contribution < 1.29 is 0 Å². The van der Waals surface area contributed by atoms with Gasteiger partial charge in [0.05, 0.1) is 0 Å². The molecule has 4 aromatic rings. The minimum atomic E-state index is 0.00403. The van der Waals surface area contributed by atoms with E-state index in [1.54, 1.807) is 0 Å². The maximum Gasteiger partial charge on any atom is 0.0165 e. The predicted molar refractivity (Wildman–Crippen MR) is 122 cm³/mol. The topological polar surface area (TPSA) is 0 Å². The molecule has 0 heteroatoms. The molecular weight excluding hydrogens is 324 g/mol. The summed E-state index contributed by atoms with van der Waals surface area (Å²) in [6.45, 7) is 12.7. The summed E-state index contributed by atoms with van der Waals surface area (Å²) in [6.07, 6.45) is 0. The highest BCUT2D eigenvalue weighted by Crippen LogP contribution is 2.50. The van der Waals surface area contributed by atoms with Crippen molar-refractivity contribution in [1.29, 1.82) is 0 Å². The summed E-state index contributed by atoms with van der Waals surface area (Å²) in [5, 5.41) is 5.46. The SMILES string of the molecule is CC.CC.CC1(C)c2c(ccc3ccccc23)-c2cccc3cccc1c23. The molecule has 0 bridgehead atoms. The van der Waals surface area contributed by atoms with Crippen LogP contribution in [0.15, 0.2) is 72.8 Å². The Morgan fingerprint density at radius 2 is 1.19 bits per heavy atom. The van der Waals surface area contributed by atoms with E-state index in [0.717, 1.165) is 0 Å². The van der Waals surface area contributed by atoms with Gasteiger partial charge in [-0.2, -0.15) is 0 Å². The molecule has 0 fully saturated rings. The molecule has 0 amide bonds. The van der Waals surface area contributed by atoms with E-state index < -0.39 is 0 Å². The van der Waals surface area contributed by atoms with Crippen LogP contribution in [0.1, 0.15) is 52.7 Å². The van der Waals surface area contributed by atoms with Crippen LogP contribution in [0.2, 0.25) is 0 Å². The number of hydrogen-bond donors (Lipinski definition) is 0. The molecule has 0 radical (unpaired) electrons. The minimum Gasteiger partial charge on any atom is -0.0683 e. The molecule has 27 heavy (non-hydrogen) atoms. The van der Waals surface area contributed by atoms with Gasteiger partial charge in [0.25, 0.3) is 0 Å². The molecule has 0 aromatic heterocycles. The highest BCUT2D eigenvalue weighted by atomic mass is 14.4. The quantitative estimate of drug-likeness (QED) is 0.297. The summed E-state index contributed by atoms with van der Waals surface area (Å²) < 4.78 is 0. The van der Waals surface area contributed by atoms with Gasteiger partial charge in [-0.25, -0.2) is 0 Å². The van der Waals surface area contributed by atoms with Gasteiger partial charge in [-0.1, -0.05) is 114 Å². The minimum absolute atomic E-state index is 0.00403. The van der Waals surface area contributed by atoms with Crippen molar-refractivity contribution in [2.45, 2.75) is 47.0 Å². The zero-order valence-electron chi connectivity index (χ0n) is 17.4. The molecule has 0 unspecified atom stereocenters. The second-order valence-corrected chi connectivity index (χ2v) is 7.04. The van der Waals surface area contributed by atoms with E-state index in [1.807, 2.05) is 27.7 Å².